The second-order valence-corrected chi connectivity index (χ2v) is 6.78. The SMILES string of the molecule is Cc1nc2cc(F)cc(C(=O)NCCCc3nc(C(C)C)no3)c2nc1C. The largest absolute Gasteiger partial charge is 0.352 e. The first-order valence-electron chi connectivity index (χ1n) is 8.90. The van der Waals surface area contributed by atoms with Crippen molar-refractivity contribution in [3.05, 3.63) is 46.6 Å². The first kappa shape index (κ1) is 18.9. The molecule has 3 rings (SSSR count). The van der Waals surface area contributed by atoms with Crippen molar-refractivity contribution < 1.29 is 13.7 Å². The molecular weight excluding hydrogens is 349 g/mol. The number of carbonyl (C=O) groups is 1. The van der Waals surface area contributed by atoms with Gasteiger partial charge in [-0.3, -0.25) is 4.79 Å². The van der Waals surface area contributed by atoms with Crippen molar-refractivity contribution in [3.8, 4) is 0 Å². The quantitative estimate of drug-likeness (QED) is 0.669. The van der Waals surface area contributed by atoms with E-state index in [2.05, 4.69) is 25.4 Å². The minimum absolute atomic E-state index is 0.181. The second-order valence-electron chi connectivity index (χ2n) is 6.78. The van der Waals surface area contributed by atoms with Crippen LogP contribution in [0.25, 0.3) is 11.0 Å². The van der Waals surface area contributed by atoms with Crippen molar-refractivity contribution in [2.75, 3.05) is 6.54 Å². The Bertz CT molecular complexity index is 984. The standard InChI is InChI=1S/C19H22FN5O2/c1-10(2)18-24-16(27-25-18)6-5-7-21-19(26)14-8-13(20)9-15-17(14)23-12(4)11(3)22-15/h8-10H,5-7H2,1-4H3,(H,21,26). The van der Waals surface area contributed by atoms with Crippen LogP contribution in [0, 0.1) is 19.7 Å². The van der Waals surface area contributed by atoms with Gasteiger partial charge in [-0.2, -0.15) is 4.98 Å². The lowest BCUT2D eigenvalue weighted by molar-refractivity contribution is 0.0954. The van der Waals surface area contributed by atoms with Gasteiger partial charge in [0.1, 0.15) is 11.3 Å². The molecular formula is C19H22FN5O2. The summed E-state index contributed by atoms with van der Waals surface area (Å²) in [5.74, 6) is 0.519. The van der Waals surface area contributed by atoms with Crippen LogP contribution in [0.3, 0.4) is 0 Å². The summed E-state index contributed by atoms with van der Waals surface area (Å²) >= 11 is 0. The van der Waals surface area contributed by atoms with E-state index >= 15 is 0 Å². The van der Waals surface area contributed by atoms with E-state index < -0.39 is 5.82 Å². The van der Waals surface area contributed by atoms with Gasteiger partial charge in [-0.15, -0.1) is 0 Å². The van der Waals surface area contributed by atoms with E-state index in [1.165, 1.54) is 12.1 Å². The van der Waals surface area contributed by atoms with Crippen molar-refractivity contribution in [2.45, 2.75) is 46.5 Å². The summed E-state index contributed by atoms with van der Waals surface area (Å²) in [5.41, 5.74) is 2.37. The second kappa shape index (κ2) is 7.77. The van der Waals surface area contributed by atoms with Crippen molar-refractivity contribution in [1.82, 2.24) is 25.4 Å². The first-order chi connectivity index (χ1) is 12.8. The number of hydrogen-bond acceptors (Lipinski definition) is 6. The Balaban J connectivity index is 1.66. The molecule has 0 bridgehead atoms. The molecule has 0 saturated heterocycles. The summed E-state index contributed by atoms with van der Waals surface area (Å²) in [6.07, 6.45) is 1.19. The molecule has 7 nitrogen and oxygen atoms in total. The maximum absolute atomic E-state index is 13.9. The summed E-state index contributed by atoms with van der Waals surface area (Å²) < 4.78 is 19.1. The van der Waals surface area contributed by atoms with Gasteiger partial charge in [-0.1, -0.05) is 19.0 Å². The maximum Gasteiger partial charge on any atom is 0.253 e. The van der Waals surface area contributed by atoms with E-state index in [1.54, 1.807) is 6.92 Å². The Morgan fingerprint density at radius 3 is 2.63 bits per heavy atom. The maximum atomic E-state index is 13.9. The molecule has 1 amide bonds. The van der Waals surface area contributed by atoms with Gasteiger partial charge in [-0.25, -0.2) is 14.4 Å². The Labute approximate surface area is 156 Å². The van der Waals surface area contributed by atoms with Crippen LogP contribution in [-0.4, -0.2) is 32.6 Å². The van der Waals surface area contributed by atoms with E-state index in [9.17, 15) is 9.18 Å². The predicted octanol–water partition coefficient (Wildman–Crippen LogP) is 3.25. The third-order valence-corrected chi connectivity index (χ3v) is 4.24. The van der Waals surface area contributed by atoms with Gasteiger partial charge in [0.05, 0.1) is 22.5 Å². The summed E-state index contributed by atoms with van der Waals surface area (Å²) in [7, 11) is 0. The molecule has 142 valence electrons. The van der Waals surface area contributed by atoms with E-state index in [-0.39, 0.29) is 17.4 Å². The zero-order chi connectivity index (χ0) is 19.6. The highest BCUT2D eigenvalue weighted by atomic mass is 19.1. The number of halogens is 1. The fourth-order valence-electron chi connectivity index (χ4n) is 2.61. The Morgan fingerprint density at radius 2 is 1.93 bits per heavy atom. The number of fused-ring (bicyclic) bond motifs is 1. The number of benzene rings is 1. The fourth-order valence-corrected chi connectivity index (χ4v) is 2.61. The van der Waals surface area contributed by atoms with E-state index in [0.29, 0.717) is 53.5 Å². The van der Waals surface area contributed by atoms with Crippen LogP contribution >= 0.6 is 0 Å². The van der Waals surface area contributed by atoms with Gasteiger partial charge < -0.3 is 9.84 Å². The monoisotopic (exact) mass is 371 g/mol. The highest BCUT2D eigenvalue weighted by molar-refractivity contribution is 6.04. The van der Waals surface area contributed by atoms with Crippen LogP contribution in [0.4, 0.5) is 4.39 Å². The van der Waals surface area contributed by atoms with Gasteiger partial charge >= 0.3 is 0 Å². The van der Waals surface area contributed by atoms with Gasteiger partial charge in [0.25, 0.3) is 5.91 Å². The molecule has 0 spiro atoms. The average Bonchev–Trinajstić information content (AvgIpc) is 3.08. The number of carbonyl (C=O) groups excluding carboxylic acids is 1. The molecule has 8 heteroatoms. The molecule has 2 aromatic heterocycles. The van der Waals surface area contributed by atoms with Crippen LogP contribution in [0.2, 0.25) is 0 Å². The molecule has 0 aliphatic carbocycles. The summed E-state index contributed by atoms with van der Waals surface area (Å²) in [6.45, 7) is 7.99. The highest BCUT2D eigenvalue weighted by Gasteiger charge is 2.15. The Kier molecular flexibility index (Phi) is 5.43. The van der Waals surface area contributed by atoms with Crippen molar-refractivity contribution in [2.24, 2.45) is 0 Å². The lowest BCUT2D eigenvalue weighted by Gasteiger charge is -2.09. The number of hydrogen-bond donors (Lipinski definition) is 1. The third kappa shape index (κ3) is 4.27. The normalized spacial score (nSPS) is 11.3. The molecule has 2 heterocycles. The topological polar surface area (TPSA) is 93.8 Å². The van der Waals surface area contributed by atoms with Crippen LogP contribution in [0.5, 0.6) is 0 Å². The molecule has 27 heavy (non-hydrogen) atoms. The predicted molar refractivity (Wildman–Crippen MR) is 98.0 cm³/mol. The zero-order valence-electron chi connectivity index (χ0n) is 15.8. The van der Waals surface area contributed by atoms with Crippen LogP contribution in [0.15, 0.2) is 16.7 Å². The number of rotatable bonds is 6. The van der Waals surface area contributed by atoms with Gasteiger partial charge in [-0.05, 0) is 26.3 Å². The minimum atomic E-state index is -0.516. The number of nitrogens with one attached hydrogen (secondary N) is 1. The molecule has 0 saturated carbocycles. The molecule has 0 atom stereocenters. The molecule has 1 aromatic carbocycles. The molecule has 0 fully saturated rings. The number of aromatic nitrogens is 4. The van der Waals surface area contributed by atoms with Crippen LogP contribution in [-0.2, 0) is 6.42 Å². The lowest BCUT2D eigenvalue weighted by Crippen LogP contribution is -2.25. The Hall–Kier alpha value is -2.90. The van der Waals surface area contributed by atoms with Crippen LogP contribution in [0.1, 0.15) is 59.6 Å². The summed E-state index contributed by atoms with van der Waals surface area (Å²) in [4.78, 5) is 25.5. The van der Waals surface area contributed by atoms with Gasteiger partial charge in [0.15, 0.2) is 5.82 Å². The molecule has 0 aliphatic rings. The molecule has 0 aliphatic heterocycles. The zero-order valence-corrected chi connectivity index (χ0v) is 15.8. The molecule has 3 aromatic rings. The summed E-state index contributed by atoms with van der Waals surface area (Å²) in [6, 6.07) is 2.47. The average molecular weight is 371 g/mol. The summed E-state index contributed by atoms with van der Waals surface area (Å²) in [5, 5.41) is 6.69. The molecule has 0 unspecified atom stereocenters. The van der Waals surface area contributed by atoms with Crippen molar-refractivity contribution >= 4 is 16.9 Å². The van der Waals surface area contributed by atoms with E-state index in [4.69, 9.17) is 4.52 Å². The number of aryl methyl sites for hydroxylation is 3. The van der Waals surface area contributed by atoms with Crippen LogP contribution < -0.4 is 5.32 Å². The minimum Gasteiger partial charge on any atom is -0.352 e. The van der Waals surface area contributed by atoms with Gasteiger partial charge in [0, 0.05) is 24.9 Å². The lowest BCUT2D eigenvalue weighted by atomic mass is 10.1. The van der Waals surface area contributed by atoms with Crippen molar-refractivity contribution in [1.29, 1.82) is 0 Å². The fraction of sp³-hybridized carbons (Fsp3) is 0.421. The highest BCUT2D eigenvalue weighted by Crippen LogP contribution is 2.19. The number of amides is 1. The smallest absolute Gasteiger partial charge is 0.253 e. The van der Waals surface area contributed by atoms with Gasteiger partial charge in [0.2, 0.25) is 5.89 Å². The number of nitrogens with zero attached hydrogens (tertiary/aromatic N) is 4. The third-order valence-electron chi connectivity index (χ3n) is 4.24. The van der Waals surface area contributed by atoms with Crippen molar-refractivity contribution in [3.63, 3.8) is 0 Å². The van der Waals surface area contributed by atoms with E-state index in [0.717, 1.165) is 0 Å². The first-order valence-corrected chi connectivity index (χ1v) is 8.90. The Morgan fingerprint density at radius 1 is 1.19 bits per heavy atom. The molecule has 0 radical (unpaired) electrons. The molecule has 1 N–H and O–H groups in total. The van der Waals surface area contributed by atoms with E-state index in [1.807, 2.05) is 20.8 Å².